The van der Waals surface area contributed by atoms with Crippen LogP contribution in [0.25, 0.3) is 0 Å². The summed E-state index contributed by atoms with van der Waals surface area (Å²) in [6.07, 6.45) is 2.00. The van der Waals surface area contributed by atoms with E-state index in [9.17, 15) is 15.4 Å². The highest BCUT2D eigenvalue weighted by atomic mass is 35.5. The van der Waals surface area contributed by atoms with E-state index < -0.39 is 10.5 Å². The van der Waals surface area contributed by atoms with Crippen LogP contribution in [0.2, 0.25) is 5.02 Å². The van der Waals surface area contributed by atoms with Gasteiger partial charge in [0.15, 0.2) is 0 Å². The molecule has 0 radical (unpaired) electrons. The molecule has 1 aromatic carbocycles. The lowest BCUT2D eigenvalue weighted by molar-refractivity contribution is -0.384. The number of hydrogen-bond donors (Lipinski definition) is 1. The number of nitriles is 1. The van der Waals surface area contributed by atoms with Crippen LogP contribution in [-0.4, -0.2) is 24.1 Å². The van der Waals surface area contributed by atoms with Gasteiger partial charge in [0, 0.05) is 12.1 Å². The molecule has 1 aromatic rings. The SMILES string of the molecule is CNC(C#N)(COc1ccc([N+](=O)[O-])c(Cl)c1)C1CC1. The number of nitro benzene ring substituents is 1. The van der Waals surface area contributed by atoms with Gasteiger partial charge in [0.25, 0.3) is 5.69 Å². The van der Waals surface area contributed by atoms with Gasteiger partial charge < -0.3 is 4.74 Å². The first-order chi connectivity index (χ1) is 9.52. The molecule has 0 bridgehead atoms. The van der Waals surface area contributed by atoms with Crippen LogP contribution in [0.5, 0.6) is 5.75 Å². The first kappa shape index (κ1) is 14.6. The van der Waals surface area contributed by atoms with E-state index in [-0.39, 0.29) is 23.2 Å². The first-order valence-electron chi connectivity index (χ1n) is 6.19. The number of ether oxygens (including phenoxy) is 1. The monoisotopic (exact) mass is 295 g/mol. The van der Waals surface area contributed by atoms with E-state index in [1.165, 1.54) is 18.2 Å². The summed E-state index contributed by atoms with van der Waals surface area (Å²) in [6, 6.07) is 6.43. The third-order valence-corrected chi connectivity index (χ3v) is 3.80. The number of nitro groups is 1. The lowest BCUT2D eigenvalue weighted by atomic mass is 9.96. The Bertz CT molecular complexity index is 568. The van der Waals surface area contributed by atoms with Crippen LogP contribution in [0.1, 0.15) is 12.8 Å². The van der Waals surface area contributed by atoms with E-state index in [2.05, 4.69) is 11.4 Å². The molecular formula is C13H14ClN3O3. The van der Waals surface area contributed by atoms with E-state index in [4.69, 9.17) is 16.3 Å². The average molecular weight is 296 g/mol. The lowest BCUT2D eigenvalue weighted by Crippen LogP contribution is -2.49. The molecule has 1 aliphatic carbocycles. The number of halogens is 1. The second-order valence-electron chi connectivity index (χ2n) is 4.77. The van der Waals surface area contributed by atoms with Gasteiger partial charge in [0.05, 0.1) is 11.0 Å². The van der Waals surface area contributed by atoms with Crippen molar-refractivity contribution < 1.29 is 9.66 Å². The molecule has 7 heteroatoms. The number of nitrogens with zero attached hydrogens (tertiary/aromatic N) is 2. The van der Waals surface area contributed by atoms with Crippen molar-refractivity contribution in [3.05, 3.63) is 33.3 Å². The zero-order valence-corrected chi connectivity index (χ0v) is 11.7. The molecule has 0 amide bonds. The Hall–Kier alpha value is -1.84. The van der Waals surface area contributed by atoms with Crippen LogP contribution in [0.4, 0.5) is 5.69 Å². The molecule has 1 fully saturated rings. The van der Waals surface area contributed by atoms with Crippen molar-refractivity contribution in [1.82, 2.24) is 5.32 Å². The van der Waals surface area contributed by atoms with Gasteiger partial charge in [-0.3, -0.25) is 15.4 Å². The molecule has 106 valence electrons. The summed E-state index contributed by atoms with van der Waals surface area (Å²) in [7, 11) is 1.73. The Morgan fingerprint density at radius 3 is 2.80 bits per heavy atom. The molecule has 2 rings (SSSR count). The largest absolute Gasteiger partial charge is 0.490 e. The Morgan fingerprint density at radius 1 is 1.65 bits per heavy atom. The molecule has 1 aliphatic rings. The predicted molar refractivity (Wildman–Crippen MR) is 73.7 cm³/mol. The second-order valence-corrected chi connectivity index (χ2v) is 5.17. The first-order valence-corrected chi connectivity index (χ1v) is 6.57. The summed E-state index contributed by atoms with van der Waals surface area (Å²) in [5.41, 5.74) is -0.879. The maximum Gasteiger partial charge on any atom is 0.288 e. The molecule has 1 unspecified atom stereocenters. The normalized spacial score (nSPS) is 17.1. The molecule has 6 nitrogen and oxygen atoms in total. The van der Waals surface area contributed by atoms with Crippen LogP contribution in [-0.2, 0) is 0 Å². The van der Waals surface area contributed by atoms with E-state index in [1.54, 1.807) is 7.05 Å². The molecule has 0 aliphatic heterocycles. The smallest absolute Gasteiger partial charge is 0.288 e. The Labute approximate surface area is 121 Å². The fourth-order valence-electron chi connectivity index (χ4n) is 2.07. The van der Waals surface area contributed by atoms with Crippen LogP contribution in [0.15, 0.2) is 18.2 Å². The number of hydrogen-bond acceptors (Lipinski definition) is 5. The van der Waals surface area contributed by atoms with Crippen molar-refractivity contribution in [2.75, 3.05) is 13.7 Å². The Morgan fingerprint density at radius 2 is 2.35 bits per heavy atom. The fraction of sp³-hybridized carbons (Fsp3) is 0.462. The van der Waals surface area contributed by atoms with Crippen LogP contribution in [0, 0.1) is 27.4 Å². The highest BCUT2D eigenvalue weighted by molar-refractivity contribution is 6.32. The lowest BCUT2D eigenvalue weighted by Gasteiger charge is -2.25. The van der Waals surface area contributed by atoms with Gasteiger partial charge in [-0.05, 0) is 31.9 Å². The quantitative estimate of drug-likeness (QED) is 0.643. The minimum absolute atomic E-state index is 0.0194. The minimum atomic E-state index is -0.714. The van der Waals surface area contributed by atoms with Crippen molar-refractivity contribution in [3.63, 3.8) is 0 Å². The van der Waals surface area contributed by atoms with Crippen LogP contribution in [0.3, 0.4) is 0 Å². The van der Waals surface area contributed by atoms with Gasteiger partial charge >= 0.3 is 0 Å². The Kier molecular flexibility index (Phi) is 4.12. The molecular weight excluding hydrogens is 282 g/mol. The summed E-state index contributed by atoms with van der Waals surface area (Å²) in [5.74, 6) is 0.696. The van der Waals surface area contributed by atoms with Gasteiger partial charge in [-0.2, -0.15) is 5.26 Å². The van der Waals surface area contributed by atoms with E-state index in [1.807, 2.05) is 0 Å². The number of likely N-dealkylation sites (N-methyl/N-ethyl adjacent to an activating group) is 1. The maximum absolute atomic E-state index is 10.7. The van der Waals surface area contributed by atoms with Gasteiger partial charge in [-0.25, -0.2) is 0 Å². The summed E-state index contributed by atoms with van der Waals surface area (Å²) >= 11 is 5.81. The molecule has 0 spiro atoms. The van der Waals surface area contributed by atoms with E-state index in [0.29, 0.717) is 5.75 Å². The standard InChI is InChI=1S/C13H14ClN3O3/c1-16-13(7-15,9-2-3-9)8-20-10-4-5-12(17(18)19)11(14)6-10/h4-6,9,16H,2-3,8H2,1H3. The minimum Gasteiger partial charge on any atom is -0.490 e. The summed E-state index contributed by atoms with van der Waals surface area (Å²) in [4.78, 5) is 10.1. The van der Waals surface area contributed by atoms with Gasteiger partial charge in [0.2, 0.25) is 0 Å². The van der Waals surface area contributed by atoms with Crippen molar-refractivity contribution in [2.45, 2.75) is 18.4 Å². The molecule has 0 heterocycles. The summed E-state index contributed by atoms with van der Waals surface area (Å²) in [6.45, 7) is 0.179. The van der Waals surface area contributed by atoms with Crippen LogP contribution < -0.4 is 10.1 Å². The predicted octanol–water partition coefficient (Wildman–Crippen LogP) is 2.52. The fourth-order valence-corrected chi connectivity index (χ4v) is 2.31. The average Bonchev–Trinajstić information content (AvgIpc) is 3.25. The van der Waals surface area contributed by atoms with Crippen molar-refractivity contribution in [3.8, 4) is 11.8 Å². The topological polar surface area (TPSA) is 88.2 Å². The zero-order valence-electron chi connectivity index (χ0n) is 10.9. The van der Waals surface area contributed by atoms with Crippen LogP contribution >= 0.6 is 11.6 Å². The summed E-state index contributed by atoms with van der Waals surface area (Å²) < 4.78 is 5.58. The molecule has 1 saturated carbocycles. The van der Waals surface area contributed by atoms with Gasteiger partial charge in [-0.1, -0.05) is 11.6 Å². The third-order valence-electron chi connectivity index (χ3n) is 3.50. The molecule has 0 aromatic heterocycles. The van der Waals surface area contributed by atoms with Crippen molar-refractivity contribution in [1.29, 1.82) is 5.26 Å². The molecule has 1 atom stereocenters. The highest BCUT2D eigenvalue weighted by Crippen LogP contribution is 2.39. The maximum atomic E-state index is 10.7. The third kappa shape index (κ3) is 2.84. The zero-order chi connectivity index (χ0) is 14.8. The number of nitrogens with one attached hydrogen (secondary N) is 1. The Balaban J connectivity index is 2.09. The molecule has 0 saturated heterocycles. The summed E-state index contributed by atoms with van der Waals surface area (Å²) in [5, 5.41) is 23.0. The van der Waals surface area contributed by atoms with Gasteiger partial charge in [-0.15, -0.1) is 0 Å². The van der Waals surface area contributed by atoms with Gasteiger partial charge in [0.1, 0.15) is 22.9 Å². The highest BCUT2D eigenvalue weighted by Gasteiger charge is 2.45. The van der Waals surface area contributed by atoms with Crippen molar-refractivity contribution in [2.24, 2.45) is 5.92 Å². The van der Waals surface area contributed by atoms with E-state index >= 15 is 0 Å². The molecule has 20 heavy (non-hydrogen) atoms. The van der Waals surface area contributed by atoms with E-state index in [0.717, 1.165) is 12.8 Å². The van der Waals surface area contributed by atoms with Crippen molar-refractivity contribution >= 4 is 17.3 Å². The number of benzene rings is 1. The molecule has 1 N–H and O–H groups in total. The second kappa shape index (κ2) is 5.65. The number of rotatable bonds is 6.